The minimum atomic E-state index is -0.112. The molecule has 0 spiro atoms. The average molecular weight is 365 g/mol. The van der Waals surface area contributed by atoms with Crippen LogP contribution in [-0.4, -0.2) is 76.3 Å². The van der Waals surface area contributed by atoms with Crippen molar-refractivity contribution in [2.75, 3.05) is 48.5 Å². The highest BCUT2D eigenvalue weighted by molar-refractivity contribution is 5.95. The molecule has 1 fully saturated rings. The van der Waals surface area contributed by atoms with Gasteiger partial charge < -0.3 is 29.3 Å². The maximum absolute atomic E-state index is 12.9. The third kappa shape index (κ3) is 4.30. The molecule has 1 saturated heterocycles. The van der Waals surface area contributed by atoms with E-state index in [4.69, 9.17) is 14.2 Å². The zero-order valence-corrected chi connectivity index (χ0v) is 16.0. The fourth-order valence-corrected chi connectivity index (χ4v) is 2.92. The van der Waals surface area contributed by atoms with E-state index < -0.39 is 0 Å². The van der Waals surface area contributed by atoms with Crippen LogP contribution in [0.1, 0.15) is 23.2 Å². The van der Waals surface area contributed by atoms with Gasteiger partial charge in [-0.15, -0.1) is 0 Å². The van der Waals surface area contributed by atoms with Gasteiger partial charge in [0.05, 0.1) is 21.3 Å². The topological polar surface area (TPSA) is 80.3 Å². The molecule has 0 atom stereocenters. The van der Waals surface area contributed by atoms with Crippen LogP contribution in [0.25, 0.3) is 0 Å². The van der Waals surface area contributed by atoms with Crippen molar-refractivity contribution >= 4 is 11.9 Å². The van der Waals surface area contributed by atoms with E-state index in [1.807, 2.05) is 0 Å². The van der Waals surface area contributed by atoms with Crippen LogP contribution in [0, 0.1) is 0 Å². The lowest BCUT2D eigenvalue weighted by Gasteiger charge is -2.33. The minimum Gasteiger partial charge on any atom is -0.493 e. The van der Waals surface area contributed by atoms with Crippen molar-refractivity contribution in [1.82, 2.24) is 15.1 Å². The first-order chi connectivity index (χ1) is 12.4. The highest BCUT2D eigenvalue weighted by atomic mass is 16.5. The summed E-state index contributed by atoms with van der Waals surface area (Å²) in [4.78, 5) is 27.9. The van der Waals surface area contributed by atoms with Crippen molar-refractivity contribution in [2.45, 2.75) is 18.9 Å². The SMILES string of the molecule is COc1cc(C(=O)N2CCC(NC(=O)N(C)C)CC2)cc(OC)c1OC. The molecule has 0 radical (unpaired) electrons. The number of methoxy groups -OCH3 is 3. The number of nitrogens with zero attached hydrogens (tertiary/aromatic N) is 2. The molecule has 3 amide bonds. The number of hydrogen-bond acceptors (Lipinski definition) is 5. The summed E-state index contributed by atoms with van der Waals surface area (Å²) < 4.78 is 15.9. The van der Waals surface area contributed by atoms with Crippen molar-refractivity contribution < 1.29 is 23.8 Å². The van der Waals surface area contributed by atoms with Gasteiger partial charge >= 0.3 is 6.03 Å². The number of nitrogens with one attached hydrogen (secondary N) is 1. The first kappa shape index (κ1) is 19.7. The molecule has 8 nitrogen and oxygen atoms in total. The third-order valence-corrected chi connectivity index (χ3v) is 4.43. The summed E-state index contributed by atoms with van der Waals surface area (Å²) in [6.07, 6.45) is 1.44. The number of benzene rings is 1. The summed E-state index contributed by atoms with van der Waals surface area (Å²) in [5, 5.41) is 2.96. The Kier molecular flexibility index (Phi) is 6.54. The van der Waals surface area contributed by atoms with Crippen LogP contribution in [0.3, 0.4) is 0 Å². The Morgan fingerprint density at radius 3 is 2.00 bits per heavy atom. The number of rotatable bonds is 5. The van der Waals surface area contributed by atoms with Crippen molar-refractivity contribution in [3.63, 3.8) is 0 Å². The summed E-state index contributed by atoms with van der Waals surface area (Å²) in [5.74, 6) is 1.25. The third-order valence-electron chi connectivity index (χ3n) is 4.43. The molecule has 1 aliphatic rings. The van der Waals surface area contributed by atoms with Gasteiger partial charge in [0.25, 0.3) is 5.91 Å². The Hall–Kier alpha value is -2.64. The van der Waals surface area contributed by atoms with E-state index in [2.05, 4.69) is 5.32 Å². The van der Waals surface area contributed by atoms with Gasteiger partial charge in [-0.3, -0.25) is 4.79 Å². The second kappa shape index (κ2) is 8.64. The van der Waals surface area contributed by atoms with Gasteiger partial charge in [0.1, 0.15) is 0 Å². The highest BCUT2D eigenvalue weighted by Gasteiger charge is 2.26. The van der Waals surface area contributed by atoms with Crippen LogP contribution >= 0.6 is 0 Å². The number of carbonyl (C=O) groups is 2. The van der Waals surface area contributed by atoms with Gasteiger partial charge in [-0.05, 0) is 25.0 Å². The van der Waals surface area contributed by atoms with Gasteiger partial charge in [0.2, 0.25) is 5.75 Å². The summed E-state index contributed by atoms with van der Waals surface area (Å²) in [5.41, 5.74) is 0.482. The molecule has 1 aliphatic heterocycles. The van der Waals surface area contributed by atoms with Gasteiger partial charge in [-0.25, -0.2) is 4.79 Å². The molecule has 8 heteroatoms. The molecule has 0 unspecified atom stereocenters. The second-order valence-corrected chi connectivity index (χ2v) is 6.32. The van der Waals surface area contributed by atoms with Gasteiger partial charge in [-0.2, -0.15) is 0 Å². The first-order valence-corrected chi connectivity index (χ1v) is 8.48. The summed E-state index contributed by atoms with van der Waals surface area (Å²) in [7, 11) is 7.97. The largest absolute Gasteiger partial charge is 0.493 e. The lowest BCUT2D eigenvalue weighted by atomic mass is 10.0. The van der Waals surface area contributed by atoms with Crippen molar-refractivity contribution in [3.05, 3.63) is 17.7 Å². The lowest BCUT2D eigenvalue weighted by molar-refractivity contribution is 0.0706. The van der Waals surface area contributed by atoms with Crippen LogP contribution in [-0.2, 0) is 0 Å². The summed E-state index contributed by atoms with van der Waals surface area (Å²) in [6, 6.07) is 3.28. The standard InChI is InChI=1S/C18H27N3O5/c1-20(2)18(23)19-13-6-8-21(9-7-13)17(22)12-10-14(24-3)16(26-5)15(11-12)25-4/h10-11,13H,6-9H2,1-5H3,(H,19,23). The molecule has 0 aromatic heterocycles. The van der Waals surface area contributed by atoms with Gasteiger partial charge in [-0.1, -0.05) is 0 Å². The molecule has 0 bridgehead atoms. The van der Waals surface area contributed by atoms with E-state index in [0.717, 1.165) is 12.8 Å². The maximum Gasteiger partial charge on any atom is 0.317 e. The average Bonchev–Trinajstić information content (AvgIpc) is 2.66. The number of amides is 3. The zero-order chi connectivity index (χ0) is 19.3. The van der Waals surface area contributed by atoms with Crippen LogP contribution in [0.15, 0.2) is 12.1 Å². The van der Waals surface area contributed by atoms with E-state index in [0.29, 0.717) is 35.9 Å². The monoisotopic (exact) mass is 365 g/mol. The Balaban J connectivity index is 2.07. The Morgan fingerprint density at radius 1 is 1.04 bits per heavy atom. The Bertz CT molecular complexity index is 629. The van der Waals surface area contributed by atoms with Crippen LogP contribution in [0.5, 0.6) is 17.2 Å². The van der Waals surface area contributed by atoms with Crippen LogP contribution < -0.4 is 19.5 Å². The van der Waals surface area contributed by atoms with E-state index in [1.54, 1.807) is 31.1 Å². The Morgan fingerprint density at radius 2 is 1.58 bits per heavy atom. The zero-order valence-electron chi connectivity index (χ0n) is 16.0. The van der Waals surface area contributed by atoms with E-state index in [9.17, 15) is 9.59 Å². The summed E-state index contributed by atoms with van der Waals surface area (Å²) >= 11 is 0. The van der Waals surface area contributed by atoms with Crippen molar-refractivity contribution in [1.29, 1.82) is 0 Å². The predicted molar refractivity (Wildman–Crippen MR) is 97.2 cm³/mol. The molecule has 0 aliphatic carbocycles. The number of ether oxygens (including phenoxy) is 3. The number of piperidine rings is 1. The highest BCUT2D eigenvalue weighted by Crippen LogP contribution is 2.38. The van der Waals surface area contributed by atoms with Gasteiger partial charge in [0.15, 0.2) is 11.5 Å². The van der Waals surface area contributed by atoms with E-state index >= 15 is 0 Å². The smallest absolute Gasteiger partial charge is 0.317 e. The molecule has 26 heavy (non-hydrogen) atoms. The normalized spacial score (nSPS) is 14.6. The Labute approximate surface area is 154 Å². The lowest BCUT2D eigenvalue weighted by Crippen LogP contribution is -2.48. The molecule has 2 rings (SSSR count). The number of hydrogen-bond donors (Lipinski definition) is 1. The fourth-order valence-electron chi connectivity index (χ4n) is 2.92. The first-order valence-electron chi connectivity index (χ1n) is 8.48. The number of likely N-dealkylation sites (tertiary alicyclic amines) is 1. The molecule has 0 saturated carbocycles. The van der Waals surface area contributed by atoms with Crippen LogP contribution in [0.4, 0.5) is 4.79 Å². The molecule has 1 aromatic carbocycles. The minimum absolute atomic E-state index is 0.0777. The number of urea groups is 1. The number of carbonyl (C=O) groups excluding carboxylic acids is 2. The molecular formula is C18H27N3O5. The second-order valence-electron chi connectivity index (χ2n) is 6.32. The van der Waals surface area contributed by atoms with Crippen LogP contribution in [0.2, 0.25) is 0 Å². The predicted octanol–water partition coefficient (Wildman–Crippen LogP) is 1.59. The van der Waals surface area contributed by atoms with Crippen molar-refractivity contribution in [2.24, 2.45) is 0 Å². The summed E-state index contributed by atoms with van der Waals surface area (Å²) in [6.45, 7) is 1.15. The van der Waals surface area contributed by atoms with Gasteiger partial charge in [0, 0.05) is 38.8 Å². The quantitative estimate of drug-likeness (QED) is 0.857. The molecular weight excluding hydrogens is 338 g/mol. The molecule has 1 heterocycles. The van der Waals surface area contributed by atoms with Crippen molar-refractivity contribution in [3.8, 4) is 17.2 Å². The van der Waals surface area contributed by atoms with E-state index in [-0.39, 0.29) is 18.0 Å². The molecule has 1 aromatic rings. The molecule has 1 N–H and O–H groups in total. The fraction of sp³-hybridized carbons (Fsp3) is 0.556. The maximum atomic E-state index is 12.9. The van der Waals surface area contributed by atoms with E-state index in [1.165, 1.54) is 26.2 Å². The molecule has 144 valence electrons.